The van der Waals surface area contributed by atoms with Gasteiger partial charge < -0.3 is 19.3 Å². The predicted molar refractivity (Wildman–Crippen MR) is 115 cm³/mol. The molecule has 0 spiro atoms. The van der Waals surface area contributed by atoms with Crippen molar-refractivity contribution in [1.82, 2.24) is 9.88 Å². The minimum atomic E-state index is 0.0845. The third kappa shape index (κ3) is 3.54. The van der Waals surface area contributed by atoms with Crippen LogP contribution in [0.5, 0.6) is 5.75 Å². The second kappa shape index (κ2) is 7.91. The number of hydrogen-bond acceptors (Lipinski definition) is 5. The van der Waals surface area contributed by atoms with Crippen LogP contribution in [0.25, 0.3) is 0 Å². The summed E-state index contributed by atoms with van der Waals surface area (Å²) in [4.78, 5) is 21.3. The molecule has 158 valence electrons. The van der Waals surface area contributed by atoms with Gasteiger partial charge in [-0.1, -0.05) is 13.0 Å². The Kier molecular flexibility index (Phi) is 5.11. The molecular formula is C24H29N3O3. The molecule has 0 atom stereocenters. The van der Waals surface area contributed by atoms with Gasteiger partial charge in [0.2, 0.25) is 0 Å². The number of amides is 1. The Morgan fingerprint density at radius 1 is 1.20 bits per heavy atom. The van der Waals surface area contributed by atoms with Crippen LogP contribution in [0.1, 0.15) is 52.5 Å². The highest BCUT2D eigenvalue weighted by molar-refractivity contribution is 5.98. The van der Waals surface area contributed by atoms with Gasteiger partial charge in [-0.3, -0.25) is 4.79 Å². The monoisotopic (exact) mass is 407 g/mol. The molecule has 30 heavy (non-hydrogen) atoms. The van der Waals surface area contributed by atoms with Crippen molar-refractivity contribution < 1.29 is 14.3 Å². The summed E-state index contributed by atoms with van der Waals surface area (Å²) in [6.07, 6.45) is 4.02. The fourth-order valence-corrected chi connectivity index (χ4v) is 4.72. The van der Waals surface area contributed by atoms with E-state index in [0.29, 0.717) is 13.2 Å². The number of aromatic nitrogens is 1. The normalized spacial score (nSPS) is 19.1. The van der Waals surface area contributed by atoms with Gasteiger partial charge in [0, 0.05) is 33.0 Å². The minimum Gasteiger partial charge on any atom is -0.490 e. The molecule has 6 nitrogen and oxygen atoms in total. The van der Waals surface area contributed by atoms with E-state index in [4.69, 9.17) is 14.5 Å². The zero-order valence-corrected chi connectivity index (χ0v) is 17.8. The molecule has 1 aromatic heterocycles. The van der Waals surface area contributed by atoms with E-state index in [1.165, 1.54) is 11.1 Å². The van der Waals surface area contributed by atoms with Crippen molar-refractivity contribution >= 4 is 11.7 Å². The summed E-state index contributed by atoms with van der Waals surface area (Å²) in [7, 11) is 1.84. The number of fused-ring (bicyclic) bond motifs is 2. The summed E-state index contributed by atoms with van der Waals surface area (Å²) in [6.45, 7) is 6.07. The summed E-state index contributed by atoms with van der Waals surface area (Å²) in [6, 6.07) is 8.48. The summed E-state index contributed by atoms with van der Waals surface area (Å²) in [5.74, 6) is 2.08. The lowest BCUT2D eigenvalue weighted by Crippen LogP contribution is -2.39. The van der Waals surface area contributed by atoms with Gasteiger partial charge in [0.05, 0.1) is 31.0 Å². The first-order valence-electron chi connectivity index (χ1n) is 11.0. The molecule has 0 radical (unpaired) electrons. The smallest absolute Gasteiger partial charge is 0.255 e. The van der Waals surface area contributed by atoms with Crippen molar-refractivity contribution in [2.24, 2.45) is 0 Å². The van der Waals surface area contributed by atoms with Gasteiger partial charge in [0.1, 0.15) is 17.7 Å². The lowest BCUT2D eigenvalue weighted by Gasteiger charge is -2.34. The standard InChI is InChI=1S/C24H29N3O3/c1-3-16-13-21-22(14-26(2)24(21)28)25-23(16)27-9-6-19(7-10-27)30-20-5-4-17-8-11-29-15-18(17)12-20/h4-5,12-13,19H,3,6-11,14-15H2,1-2H3. The van der Waals surface area contributed by atoms with Crippen LogP contribution in [0.4, 0.5) is 5.82 Å². The average Bonchev–Trinajstić information content (AvgIpc) is 3.06. The van der Waals surface area contributed by atoms with E-state index >= 15 is 0 Å². The SMILES string of the molecule is CCc1cc2c(nc1N1CCC(Oc3ccc4c(c3)COCC4)CC1)CN(C)C2=O. The number of piperidine rings is 1. The molecule has 2 aromatic rings. The molecule has 3 aliphatic rings. The molecule has 0 unspecified atom stereocenters. The average molecular weight is 408 g/mol. The largest absolute Gasteiger partial charge is 0.490 e. The highest BCUT2D eigenvalue weighted by atomic mass is 16.5. The van der Waals surface area contributed by atoms with Gasteiger partial charge in [-0.05, 0) is 47.7 Å². The maximum Gasteiger partial charge on any atom is 0.255 e. The van der Waals surface area contributed by atoms with Crippen LogP contribution < -0.4 is 9.64 Å². The molecule has 1 amide bonds. The number of anilines is 1. The Labute approximate surface area is 177 Å². The maximum atomic E-state index is 12.3. The first kappa shape index (κ1) is 19.4. The van der Waals surface area contributed by atoms with Crippen LogP contribution in [0.2, 0.25) is 0 Å². The van der Waals surface area contributed by atoms with E-state index < -0.39 is 0 Å². The minimum absolute atomic E-state index is 0.0845. The zero-order valence-electron chi connectivity index (χ0n) is 17.8. The number of aryl methyl sites for hydroxylation is 1. The number of ether oxygens (including phenoxy) is 2. The summed E-state index contributed by atoms with van der Waals surface area (Å²) < 4.78 is 11.9. The van der Waals surface area contributed by atoms with Gasteiger partial charge in [-0.15, -0.1) is 0 Å². The van der Waals surface area contributed by atoms with E-state index in [1.807, 2.05) is 7.05 Å². The van der Waals surface area contributed by atoms with E-state index in [-0.39, 0.29) is 12.0 Å². The highest BCUT2D eigenvalue weighted by Crippen LogP contribution is 2.30. The first-order chi connectivity index (χ1) is 14.6. The molecule has 6 heteroatoms. The molecule has 0 bridgehead atoms. The molecule has 3 aliphatic heterocycles. The van der Waals surface area contributed by atoms with E-state index in [2.05, 4.69) is 36.1 Å². The van der Waals surface area contributed by atoms with Gasteiger partial charge in [-0.2, -0.15) is 0 Å². The first-order valence-corrected chi connectivity index (χ1v) is 11.0. The van der Waals surface area contributed by atoms with Gasteiger partial charge in [0.25, 0.3) is 5.91 Å². The Bertz CT molecular complexity index is 966. The van der Waals surface area contributed by atoms with Crippen LogP contribution in [-0.4, -0.2) is 48.6 Å². The predicted octanol–water partition coefficient (Wildman–Crippen LogP) is 3.35. The molecular weight excluding hydrogens is 378 g/mol. The second-order valence-corrected chi connectivity index (χ2v) is 8.52. The summed E-state index contributed by atoms with van der Waals surface area (Å²) >= 11 is 0. The van der Waals surface area contributed by atoms with Crippen LogP contribution in [0.3, 0.4) is 0 Å². The molecule has 0 saturated carbocycles. The number of carbonyl (C=O) groups excluding carboxylic acids is 1. The van der Waals surface area contributed by atoms with Crippen LogP contribution in [-0.2, 0) is 30.7 Å². The fourth-order valence-electron chi connectivity index (χ4n) is 4.72. The third-order valence-electron chi connectivity index (χ3n) is 6.50. The van der Waals surface area contributed by atoms with Gasteiger partial charge in [0.15, 0.2) is 0 Å². The number of nitrogens with zero attached hydrogens (tertiary/aromatic N) is 3. The van der Waals surface area contributed by atoms with Gasteiger partial charge >= 0.3 is 0 Å². The third-order valence-corrected chi connectivity index (χ3v) is 6.50. The Hall–Kier alpha value is -2.60. The molecule has 5 rings (SSSR count). The number of benzene rings is 1. The number of carbonyl (C=O) groups is 1. The molecule has 0 aliphatic carbocycles. The molecule has 1 saturated heterocycles. The molecule has 0 N–H and O–H groups in total. The van der Waals surface area contributed by atoms with Crippen LogP contribution in [0, 0.1) is 0 Å². The number of hydrogen-bond donors (Lipinski definition) is 0. The van der Waals surface area contributed by atoms with Gasteiger partial charge in [-0.25, -0.2) is 4.98 Å². The Balaban J connectivity index is 1.26. The number of pyridine rings is 1. The van der Waals surface area contributed by atoms with Crippen molar-refractivity contribution in [1.29, 1.82) is 0 Å². The summed E-state index contributed by atoms with van der Waals surface area (Å²) in [5, 5.41) is 0. The topological polar surface area (TPSA) is 54.9 Å². The zero-order chi connectivity index (χ0) is 20.7. The van der Waals surface area contributed by atoms with Crippen molar-refractivity contribution in [3.8, 4) is 5.75 Å². The quantitative estimate of drug-likeness (QED) is 0.778. The van der Waals surface area contributed by atoms with E-state index in [1.54, 1.807) is 4.90 Å². The van der Waals surface area contributed by atoms with Crippen molar-refractivity contribution in [2.75, 3.05) is 31.6 Å². The fraction of sp³-hybridized carbons (Fsp3) is 0.500. The Morgan fingerprint density at radius 3 is 2.83 bits per heavy atom. The van der Waals surface area contributed by atoms with E-state index in [0.717, 1.165) is 73.8 Å². The molecule has 4 heterocycles. The number of rotatable bonds is 4. The van der Waals surface area contributed by atoms with Crippen LogP contribution in [0.15, 0.2) is 24.3 Å². The Morgan fingerprint density at radius 2 is 2.03 bits per heavy atom. The lowest BCUT2D eigenvalue weighted by atomic mass is 10.0. The maximum absolute atomic E-state index is 12.3. The summed E-state index contributed by atoms with van der Waals surface area (Å²) in [5.41, 5.74) is 5.47. The second-order valence-electron chi connectivity index (χ2n) is 8.52. The van der Waals surface area contributed by atoms with Crippen molar-refractivity contribution in [2.45, 2.75) is 51.9 Å². The molecule has 1 aromatic carbocycles. The van der Waals surface area contributed by atoms with Crippen molar-refractivity contribution in [3.05, 3.63) is 52.2 Å². The lowest BCUT2D eigenvalue weighted by molar-refractivity contribution is 0.0816. The van der Waals surface area contributed by atoms with Crippen molar-refractivity contribution in [3.63, 3.8) is 0 Å². The van der Waals surface area contributed by atoms with E-state index in [9.17, 15) is 4.79 Å². The van der Waals surface area contributed by atoms with Crippen LogP contribution >= 0.6 is 0 Å². The highest BCUT2D eigenvalue weighted by Gasteiger charge is 2.30. The molecule has 1 fully saturated rings.